The topological polar surface area (TPSA) is 73.8 Å². The van der Waals surface area contributed by atoms with Crippen molar-refractivity contribution < 1.29 is 8.91 Å². The van der Waals surface area contributed by atoms with Crippen molar-refractivity contribution in [1.82, 2.24) is 19.7 Å². The van der Waals surface area contributed by atoms with E-state index in [1.54, 1.807) is 22.8 Å². The molecule has 0 N–H and O–H groups in total. The second kappa shape index (κ2) is 8.76. The van der Waals surface area contributed by atoms with Gasteiger partial charge in [0.05, 0.1) is 23.2 Å². The van der Waals surface area contributed by atoms with Crippen LogP contribution >= 0.6 is 11.8 Å². The van der Waals surface area contributed by atoms with Crippen LogP contribution < -0.4 is 5.56 Å². The first kappa shape index (κ1) is 20.1. The van der Waals surface area contributed by atoms with Crippen LogP contribution in [0, 0.1) is 5.82 Å². The lowest BCUT2D eigenvalue weighted by molar-refractivity contribution is 0.425. The summed E-state index contributed by atoms with van der Waals surface area (Å²) in [6.07, 6.45) is 0. The Labute approximate surface area is 186 Å². The van der Waals surface area contributed by atoms with Gasteiger partial charge in [-0.25, -0.2) is 9.37 Å². The average molecular weight is 444 g/mol. The van der Waals surface area contributed by atoms with Crippen molar-refractivity contribution in [3.8, 4) is 11.5 Å². The van der Waals surface area contributed by atoms with Crippen LogP contribution in [0.25, 0.3) is 22.4 Å². The van der Waals surface area contributed by atoms with E-state index in [1.165, 1.54) is 23.9 Å². The highest BCUT2D eigenvalue weighted by Crippen LogP contribution is 2.24. The summed E-state index contributed by atoms with van der Waals surface area (Å²) in [5.74, 6) is 0.809. The number of thioether (sulfide) groups is 1. The zero-order valence-corrected chi connectivity index (χ0v) is 17.6. The molecule has 0 aliphatic heterocycles. The fourth-order valence-electron chi connectivity index (χ4n) is 3.31. The fourth-order valence-corrected chi connectivity index (χ4v) is 4.16. The predicted octanol–water partition coefficient (Wildman–Crippen LogP) is 4.93. The van der Waals surface area contributed by atoms with E-state index in [0.29, 0.717) is 45.6 Å². The third-order valence-corrected chi connectivity index (χ3v) is 5.87. The standard InChI is InChI=1S/C24H17FN4O2S/c25-18-12-10-17(11-13-18)22-27-21(28-31-22)15-32-24-26-20-9-5-4-8-19(20)23(30)29(24)14-16-6-2-1-3-7-16/h1-13H,14-15H2. The monoisotopic (exact) mass is 444 g/mol. The van der Waals surface area contributed by atoms with Crippen molar-refractivity contribution >= 4 is 22.7 Å². The Hall–Kier alpha value is -3.78. The molecule has 3 aromatic carbocycles. The van der Waals surface area contributed by atoms with Gasteiger partial charge in [0.1, 0.15) is 5.82 Å². The van der Waals surface area contributed by atoms with Crippen LogP contribution in [0.2, 0.25) is 0 Å². The molecule has 0 unspecified atom stereocenters. The first-order valence-electron chi connectivity index (χ1n) is 9.92. The van der Waals surface area contributed by atoms with E-state index >= 15 is 0 Å². The van der Waals surface area contributed by atoms with E-state index in [9.17, 15) is 9.18 Å². The van der Waals surface area contributed by atoms with Gasteiger partial charge in [0.25, 0.3) is 11.4 Å². The highest BCUT2D eigenvalue weighted by Gasteiger charge is 2.15. The molecule has 0 atom stereocenters. The first-order chi connectivity index (χ1) is 15.7. The number of hydrogen-bond acceptors (Lipinski definition) is 6. The van der Waals surface area contributed by atoms with Crippen LogP contribution in [-0.4, -0.2) is 19.7 Å². The molecule has 5 aromatic rings. The van der Waals surface area contributed by atoms with Gasteiger partial charge in [-0.3, -0.25) is 9.36 Å². The van der Waals surface area contributed by atoms with Crippen molar-refractivity contribution in [2.75, 3.05) is 0 Å². The molecular weight excluding hydrogens is 427 g/mol. The number of aromatic nitrogens is 4. The summed E-state index contributed by atoms with van der Waals surface area (Å²) in [6.45, 7) is 0.410. The molecule has 0 spiro atoms. The number of para-hydroxylation sites is 1. The third kappa shape index (κ3) is 4.17. The Kier molecular flexibility index (Phi) is 5.51. The van der Waals surface area contributed by atoms with E-state index < -0.39 is 0 Å². The minimum absolute atomic E-state index is 0.0953. The molecule has 158 valence electrons. The summed E-state index contributed by atoms with van der Waals surface area (Å²) < 4.78 is 20.1. The number of rotatable bonds is 6. The molecule has 0 amide bonds. The minimum Gasteiger partial charge on any atom is -0.334 e. The van der Waals surface area contributed by atoms with E-state index in [-0.39, 0.29) is 11.4 Å². The van der Waals surface area contributed by atoms with Crippen molar-refractivity contribution in [1.29, 1.82) is 0 Å². The van der Waals surface area contributed by atoms with E-state index in [2.05, 4.69) is 10.1 Å². The number of fused-ring (bicyclic) bond motifs is 1. The molecular formula is C24H17FN4O2S. The molecule has 0 radical (unpaired) electrons. The van der Waals surface area contributed by atoms with Crippen LogP contribution in [-0.2, 0) is 12.3 Å². The quantitative estimate of drug-likeness (QED) is 0.273. The summed E-state index contributed by atoms with van der Waals surface area (Å²) >= 11 is 1.37. The maximum Gasteiger partial charge on any atom is 0.262 e. The second-order valence-electron chi connectivity index (χ2n) is 7.10. The van der Waals surface area contributed by atoms with Crippen molar-refractivity contribution in [3.63, 3.8) is 0 Å². The summed E-state index contributed by atoms with van der Waals surface area (Å²) in [7, 11) is 0. The summed E-state index contributed by atoms with van der Waals surface area (Å²) in [6, 6.07) is 22.9. The molecule has 2 aromatic heterocycles. The van der Waals surface area contributed by atoms with Crippen LogP contribution in [0.15, 0.2) is 93.3 Å². The van der Waals surface area contributed by atoms with Gasteiger partial charge in [0.15, 0.2) is 11.0 Å². The van der Waals surface area contributed by atoms with Gasteiger partial charge < -0.3 is 4.52 Å². The molecule has 8 heteroatoms. The van der Waals surface area contributed by atoms with Crippen LogP contribution in [0.1, 0.15) is 11.4 Å². The maximum atomic E-state index is 13.2. The normalized spacial score (nSPS) is 11.2. The molecule has 0 aliphatic carbocycles. The molecule has 0 aliphatic rings. The molecule has 0 saturated heterocycles. The SMILES string of the molecule is O=c1c2ccccc2nc(SCc2noc(-c3ccc(F)cc3)n2)n1Cc1ccccc1. The van der Waals surface area contributed by atoms with Crippen LogP contribution in [0.5, 0.6) is 0 Å². The Balaban J connectivity index is 1.45. The lowest BCUT2D eigenvalue weighted by Gasteiger charge is -2.12. The number of nitrogens with zero attached hydrogens (tertiary/aromatic N) is 4. The Morgan fingerprint density at radius 2 is 1.66 bits per heavy atom. The smallest absolute Gasteiger partial charge is 0.262 e. The van der Waals surface area contributed by atoms with Gasteiger partial charge in [0, 0.05) is 5.56 Å². The molecule has 6 nitrogen and oxygen atoms in total. The van der Waals surface area contributed by atoms with Gasteiger partial charge in [-0.15, -0.1) is 0 Å². The summed E-state index contributed by atoms with van der Waals surface area (Å²) in [5.41, 5.74) is 2.19. The lowest BCUT2D eigenvalue weighted by atomic mass is 10.2. The third-order valence-electron chi connectivity index (χ3n) is 4.90. The lowest BCUT2D eigenvalue weighted by Crippen LogP contribution is -2.24. The average Bonchev–Trinajstić information content (AvgIpc) is 3.30. The summed E-state index contributed by atoms with van der Waals surface area (Å²) in [5, 5.41) is 5.16. The minimum atomic E-state index is -0.331. The number of halogens is 1. The highest BCUT2D eigenvalue weighted by atomic mass is 32.2. The van der Waals surface area contributed by atoms with Gasteiger partial charge >= 0.3 is 0 Å². The molecule has 0 saturated carbocycles. The van der Waals surface area contributed by atoms with Crippen molar-refractivity contribution in [2.24, 2.45) is 0 Å². The Bertz CT molecular complexity index is 1430. The van der Waals surface area contributed by atoms with E-state index in [1.807, 2.05) is 48.5 Å². The molecule has 0 fully saturated rings. The summed E-state index contributed by atoms with van der Waals surface area (Å²) in [4.78, 5) is 22.3. The molecule has 32 heavy (non-hydrogen) atoms. The fraction of sp³-hybridized carbons (Fsp3) is 0.0833. The second-order valence-corrected chi connectivity index (χ2v) is 8.04. The van der Waals surface area contributed by atoms with Gasteiger partial charge in [0.2, 0.25) is 0 Å². The Morgan fingerprint density at radius 3 is 2.47 bits per heavy atom. The predicted molar refractivity (Wildman–Crippen MR) is 121 cm³/mol. The molecule has 2 heterocycles. The van der Waals surface area contributed by atoms with Crippen LogP contribution in [0.3, 0.4) is 0 Å². The van der Waals surface area contributed by atoms with Gasteiger partial charge in [-0.2, -0.15) is 4.98 Å². The highest BCUT2D eigenvalue weighted by molar-refractivity contribution is 7.98. The molecule has 0 bridgehead atoms. The largest absolute Gasteiger partial charge is 0.334 e. The Morgan fingerprint density at radius 1 is 0.906 bits per heavy atom. The zero-order chi connectivity index (χ0) is 21.9. The van der Waals surface area contributed by atoms with Crippen molar-refractivity contribution in [2.45, 2.75) is 17.5 Å². The van der Waals surface area contributed by atoms with E-state index in [4.69, 9.17) is 9.51 Å². The van der Waals surface area contributed by atoms with Gasteiger partial charge in [-0.1, -0.05) is 59.4 Å². The van der Waals surface area contributed by atoms with E-state index in [0.717, 1.165) is 5.56 Å². The maximum absolute atomic E-state index is 13.2. The zero-order valence-electron chi connectivity index (χ0n) is 16.8. The van der Waals surface area contributed by atoms with Gasteiger partial charge in [-0.05, 0) is 42.0 Å². The number of benzene rings is 3. The van der Waals surface area contributed by atoms with Crippen molar-refractivity contribution in [3.05, 3.63) is 106 Å². The molecule has 5 rings (SSSR count). The van der Waals surface area contributed by atoms with Crippen LogP contribution in [0.4, 0.5) is 4.39 Å². The number of hydrogen-bond donors (Lipinski definition) is 0. The first-order valence-corrected chi connectivity index (χ1v) is 10.9.